The number of nitrogens with zero attached hydrogens (tertiary/aromatic N) is 1. The number of rotatable bonds is 2. The van der Waals surface area contributed by atoms with Gasteiger partial charge in [-0.1, -0.05) is 24.3 Å². The zero-order chi connectivity index (χ0) is 8.93. The summed E-state index contributed by atoms with van der Waals surface area (Å²) in [5.41, 5.74) is 0. The van der Waals surface area contributed by atoms with Gasteiger partial charge in [-0.15, -0.1) is 0 Å². The first-order valence-corrected chi connectivity index (χ1v) is 4.81. The van der Waals surface area contributed by atoms with Crippen LogP contribution in [0.15, 0.2) is 54.1 Å². The van der Waals surface area contributed by atoms with Gasteiger partial charge in [-0.05, 0) is 23.6 Å². The molecule has 0 aromatic heterocycles. The van der Waals surface area contributed by atoms with Crippen molar-refractivity contribution >= 4 is 11.9 Å². The molecule has 0 aliphatic carbocycles. The quantitative estimate of drug-likeness (QED) is 0.667. The number of allylic oxidation sites excluding steroid dienone is 2. The molecular weight excluding hydrogens is 182 g/mol. The van der Waals surface area contributed by atoms with Crippen LogP contribution < -0.4 is 4.84 Å². The molecule has 2 nitrogen and oxygen atoms in total. The molecule has 0 saturated heterocycles. The summed E-state index contributed by atoms with van der Waals surface area (Å²) in [7, 11) is 0. The van der Waals surface area contributed by atoms with Crippen LogP contribution in [0.4, 0.5) is 0 Å². The van der Waals surface area contributed by atoms with Crippen molar-refractivity contribution < 1.29 is 4.84 Å². The van der Waals surface area contributed by atoms with Gasteiger partial charge in [0.25, 0.3) is 0 Å². The van der Waals surface area contributed by atoms with Crippen LogP contribution in [0.5, 0.6) is 5.75 Å². The summed E-state index contributed by atoms with van der Waals surface area (Å²) >= 11 is 1.50. The van der Waals surface area contributed by atoms with Crippen LogP contribution in [0.2, 0.25) is 0 Å². The molecule has 0 atom stereocenters. The summed E-state index contributed by atoms with van der Waals surface area (Å²) in [4.78, 5) is 5.51. The van der Waals surface area contributed by atoms with E-state index in [4.69, 9.17) is 4.84 Å². The Hall–Kier alpha value is -1.35. The summed E-state index contributed by atoms with van der Waals surface area (Å²) < 4.78 is 1.70. The summed E-state index contributed by atoms with van der Waals surface area (Å²) in [6.07, 6.45) is 5.77. The molecule has 0 radical (unpaired) electrons. The van der Waals surface area contributed by atoms with E-state index in [0.29, 0.717) is 0 Å². The Morgan fingerprint density at radius 2 is 1.92 bits per heavy atom. The number of hydrogen-bond acceptors (Lipinski definition) is 3. The van der Waals surface area contributed by atoms with Gasteiger partial charge < -0.3 is 4.84 Å². The van der Waals surface area contributed by atoms with Crippen LogP contribution in [-0.2, 0) is 0 Å². The summed E-state index contributed by atoms with van der Waals surface area (Å²) in [6, 6.07) is 9.71. The smallest absolute Gasteiger partial charge is 0.156 e. The molecule has 0 bridgehead atoms. The molecule has 0 fully saturated rings. The lowest BCUT2D eigenvalue weighted by molar-refractivity contribution is 0.104. The van der Waals surface area contributed by atoms with Crippen LogP contribution in [0.3, 0.4) is 0 Å². The Morgan fingerprint density at radius 3 is 2.62 bits per heavy atom. The summed E-state index contributed by atoms with van der Waals surface area (Å²) in [6.45, 7) is 0. The van der Waals surface area contributed by atoms with E-state index in [2.05, 4.69) is 0 Å². The van der Waals surface area contributed by atoms with Gasteiger partial charge in [0.1, 0.15) is 0 Å². The van der Waals surface area contributed by atoms with E-state index in [1.807, 2.05) is 54.1 Å². The fourth-order valence-electron chi connectivity index (χ4n) is 0.933. The van der Waals surface area contributed by atoms with Gasteiger partial charge in [0.05, 0.1) is 6.20 Å². The van der Waals surface area contributed by atoms with E-state index < -0.39 is 0 Å². The van der Waals surface area contributed by atoms with Crippen molar-refractivity contribution in [2.24, 2.45) is 0 Å². The van der Waals surface area contributed by atoms with Crippen molar-refractivity contribution in [1.82, 2.24) is 4.47 Å². The average molecular weight is 191 g/mol. The van der Waals surface area contributed by atoms with Gasteiger partial charge >= 0.3 is 0 Å². The monoisotopic (exact) mass is 191 g/mol. The van der Waals surface area contributed by atoms with Crippen molar-refractivity contribution in [3.63, 3.8) is 0 Å². The SMILES string of the molecule is C1=CSN(Oc2ccccc2)C=C1. The second-order valence-corrected chi connectivity index (χ2v) is 3.31. The highest BCUT2D eigenvalue weighted by molar-refractivity contribution is 7.99. The maximum Gasteiger partial charge on any atom is 0.156 e. The van der Waals surface area contributed by atoms with Crippen molar-refractivity contribution in [3.05, 3.63) is 54.1 Å². The van der Waals surface area contributed by atoms with Gasteiger partial charge in [0, 0.05) is 11.9 Å². The lowest BCUT2D eigenvalue weighted by atomic mass is 10.3. The summed E-state index contributed by atoms with van der Waals surface area (Å²) in [5.74, 6) is 0.843. The predicted octanol–water partition coefficient (Wildman–Crippen LogP) is 2.97. The average Bonchev–Trinajstić information content (AvgIpc) is 2.21. The third-order valence-electron chi connectivity index (χ3n) is 1.50. The minimum Gasteiger partial charge on any atom is -0.369 e. The third kappa shape index (κ3) is 2.29. The van der Waals surface area contributed by atoms with E-state index in [1.54, 1.807) is 4.47 Å². The number of para-hydroxylation sites is 1. The topological polar surface area (TPSA) is 12.5 Å². The highest BCUT2D eigenvalue weighted by Gasteiger charge is 2.01. The normalized spacial score (nSPS) is 14.6. The fraction of sp³-hybridized carbons (Fsp3) is 0. The van der Waals surface area contributed by atoms with E-state index in [1.165, 1.54) is 11.9 Å². The molecule has 1 aliphatic rings. The largest absolute Gasteiger partial charge is 0.369 e. The molecule has 1 aliphatic heterocycles. The summed E-state index contributed by atoms with van der Waals surface area (Å²) in [5, 5.41) is 1.96. The van der Waals surface area contributed by atoms with Crippen LogP contribution >= 0.6 is 11.9 Å². The highest BCUT2D eigenvalue weighted by atomic mass is 32.2. The number of benzene rings is 1. The molecule has 2 rings (SSSR count). The molecule has 3 heteroatoms. The van der Waals surface area contributed by atoms with Gasteiger partial charge in [0.2, 0.25) is 0 Å². The first kappa shape index (κ1) is 8.26. The maximum atomic E-state index is 5.51. The maximum absolute atomic E-state index is 5.51. The fourth-order valence-corrected chi connectivity index (χ4v) is 1.48. The van der Waals surface area contributed by atoms with Gasteiger partial charge in [-0.25, -0.2) is 0 Å². The van der Waals surface area contributed by atoms with Crippen LogP contribution in [0.1, 0.15) is 0 Å². The Balaban J connectivity index is 1.99. The lowest BCUT2D eigenvalue weighted by Gasteiger charge is -2.18. The van der Waals surface area contributed by atoms with Crippen molar-refractivity contribution in [3.8, 4) is 5.75 Å². The van der Waals surface area contributed by atoms with Crippen LogP contribution in [0, 0.1) is 0 Å². The Labute approximate surface area is 81.6 Å². The van der Waals surface area contributed by atoms with Crippen molar-refractivity contribution in [2.45, 2.75) is 0 Å². The Bertz CT molecular complexity index is 321. The minimum absolute atomic E-state index is 0.843. The van der Waals surface area contributed by atoms with Crippen LogP contribution in [0.25, 0.3) is 0 Å². The van der Waals surface area contributed by atoms with E-state index in [0.717, 1.165) is 5.75 Å². The van der Waals surface area contributed by atoms with Crippen LogP contribution in [-0.4, -0.2) is 4.47 Å². The molecule has 13 heavy (non-hydrogen) atoms. The van der Waals surface area contributed by atoms with Gasteiger partial charge in [-0.2, -0.15) is 4.47 Å². The van der Waals surface area contributed by atoms with E-state index >= 15 is 0 Å². The molecule has 0 N–H and O–H groups in total. The molecule has 1 heterocycles. The predicted molar refractivity (Wildman–Crippen MR) is 54.8 cm³/mol. The van der Waals surface area contributed by atoms with E-state index in [-0.39, 0.29) is 0 Å². The Morgan fingerprint density at radius 1 is 1.08 bits per heavy atom. The first-order valence-electron chi connectivity index (χ1n) is 3.97. The van der Waals surface area contributed by atoms with Gasteiger partial charge in [0.15, 0.2) is 5.75 Å². The number of hydroxylamine groups is 1. The van der Waals surface area contributed by atoms with E-state index in [9.17, 15) is 0 Å². The van der Waals surface area contributed by atoms with Crippen molar-refractivity contribution in [1.29, 1.82) is 0 Å². The Kier molecular flexibility index (Phi) is 2.57. The molecule has 0 unspecified atom stereocenters. The second-order valence-electron chi connectivity index (χ2n) is 2.47. The van der Waals surface area contributed by atoms with Crippen molar-refractivity contribution in [2.75, 3.05) is 0 Å². The number of hydrogen-bond donors (Lipinski definition) is 0. The zero-order valence-corrected chi connectivity index (χ0v) is 7.78. The second kappa shape index (κ2) is 4.05. The molecular formula is C10H9NOS. The molecule has 66 valence electrons. The molecule has 1 aromatic rings. The minimum atomic E-state index is 0.843. The van der Waals surface area contributed by atoms with Gasteiger partial charge in [-0.3, -0.25) is 0 Å². The standard InChI is InChI=1S/C10H9NOS/c1-2-6-10(7-3-1)12-11-8-4-5-9-13-11/h1-9H. The molecule has 1 aromatic carbocycles. The first-order chi connectivity index (χ1) is 6.45. The lowest BCUT2D eigenvalue weighted by Crippen LogP contribution is -2.12. The highest BCUT2D eigenvalue weighted by Crippen LogP contribution is 2.20. The zero-order valence-electron chi connectivity index (χ0n) is 6.96. The molecule has 0 amide bonds. The molecule has 0 saturated carbocycles. The molecule has 0 spiro atoms. The third-order valence-corrected chi connectivity index (χ3v) is 2.18.